The highest BCUT2D eigenvalue weighted by Gasteiger charge is 1.94. The van der Waals surface area contributed by atoms with E-state index in [-0.39, 0.29) is 0 Å². The lowest BCUT2D eigenvalue weighted by atomic mass is 10.4. The minimum absolute atomic E-state index is 0.726. The highest BCUT2D eigenvalue weighted by Crippen LogP contribution is 1.93. The maximum absolute atomic E-state index is 4.72. The van der Waals surface area contributed by atoms with Crippen LogP contribution in [0.1, 0.15) is 13.3 Å². The predicted molar refractivity (Wildman–Crippen MR) is 37.3 cm³/mol. The van der Waals surface area contributed by atoms with Gasteiger partial charge in [-0.15, -0.1) is 0 Å². The minimum atomic E-state index is 0.726. The van der Waals surface area contributed by atoms with Crippen molar-refractivity contribution in [1.82, 2.24) is 0 Å². The van der Waals surface area contributed by atoms with Crippen LogP contribution in [0.25, 0.3) is 0 Å². The zero-order chi connectivity index (χ0) is 6.95. The fourth-order valence-electron chi connectivity index (χ4n) is 0.262. The molecule has 1 heterocycles. The summed E-state index contributed by atoms with van der Waals surface area (Å²) in [6.07, 6.45) is 2.71. The summed E-state index contributed by atoms with van der Waals surface area (Å²) in [5.41, 5.74) is 0. The molecule has 0 radical (unpaired) electrons. The van der Waals surface area contributed by atoms with Crippen LogP contribution >= 0.6 is 0 Å². The van der Waals surface area contributed by atoms with Gasteiger partial charge in [-0.1, -0.05) is 6.58 Å². The maximum atomic E-state index is 4.72. The molecule has 0 spiro atoms. The summed E-state index contributed by atoms with van der Waals surface area (Å²) in [6, 6.07) is 0. The third-order valence-corrected chi connectivity index (χ3v) is 0.862. The fraction of sp³-hybridized carbons (Fsp3) is 0.714. The van der Waals surface area contributed by atoms with Crippen molar-refractivity contribution in [2.24, 2.45) is 0 Å². The molecular weight excluding hydrogens is 116 g/mol. The molecule has 0 aromatic rings. The Kier molecular flexibility index (Phi) is 7.08. The lowest BCUT2D eigenvalue weighted by molar-refractivity contribution is 0.0367. The normalized spacial score (nSPS) is 14.3. The molecule has 1 aliphatic heterocycles. The van der Waals surface area contributed by atoms with Gasteiger partial charge in [-0.25, -0.2) is 0 Å². The smallest absolute Gasteiger partial charge is 0.0844 e. The number of ether oxygens (including phenoxy) is 2. The summed E-state index contributed by atoms with van der Waals surface area (Å²) in [5.74, 6) is 0. The van der Waals surface area contributed by atoms with Gasteiger partial charge in [0.25, 0.3) is 0 Å². The number of rotatable bonds is 2. The summed E-state index contributed by atoms with van der Waals surface area (Å²) >= 11 is 0. The van der Waals surface area contributed by atoms with Gasteiger partial charge in [-0.2, -0.15) is 0 Å². The Hall–Kier alpha value is -0.500. The Morgan fingerprint density at radius 3 is 2.11 bits per heavy atom. The average molecular weight is 130 g/mol. The van der Waals surface area contributed by atoms with Crippen LogP contribution in [0.3, 0.4) is 0 Å². The summed E-state index contributed by atoms with van der Waals surface area (Å²) in [7, 11) is 0. The molecular formula is C7H14O2. The summed E-state index contributed by atoms with van der Waals surface area (Å²) in [5, 5.41) is 0. The molecule has 0 aliphatic carbocycles. The summed E-state index contributed by atoms with van der Waals surface area (Å²) in [6.45, 7) is 7.97. The van der Waals surface area contributed by atoms with Crippen LogP contribution < -0.4 is 0 Å². The van der Waals surface area contributed by atoms with Crippen molar-refractivity contribution in [3.63, 3.8) is 0 Å². The Labute approximate surface area is 56.5 Å². The van der Waals surface area contributed by atoms with Crippen molar-refractivity contribution in [1.29, 1.82) is 0 Å². The highest BCUT2D eigenvalue weighted by atomic mass is 16.5. The van der Waals surface area contributed by atoms with E-state index in [0.29, 0.717) is 0 Å². The van der Waals surface area contributed by atoms with Crippen molar-refractivity contribution < 1.29 is 9.47 Å². The molecule has 1 saturated heterocycles. The molecule has 1 fully saturated rings. The van der Waals surface area contributed by atoms with E-state index in [2.05, 4.69) is 11.3 Å². The molecule has 2 nitrogen and oxygen atoms in total. The van der Waals surface area contributed by atoms with Crippen LogP contribution in [0.5, 0.6) is 0 Å². The Morgan fingerprint density at radius 1 is 1.67 bits per heavy atom. The van der Waals surface area contributed by atoms with Crippen LogP contribution in [-0.4, -0.2) is 19.8 Å². The Bertz CT molecular complexity index is 53.9. The molecule has 2 heteroatoms. The van der Waals surface area contributed by atoms with Gasteiger partial charge in [0.1, 0.15) is 0 Å². The first-order chi connectivity index (χ1) is 4.41. The summed E-state index contributed by atoms with van der Waals surface area (Å²) < 4.78 is 9.32. The Balaban J connectivity index is 0.000000144. The second-order valence-corrected chi connectivity index (χ2v) is 1.59. The molecule has 1 rings (SSSR count). The molecule has 0 amide bonds. The first-order valence-electron chi connectivity index (χ1n) is 3.22. The van der Waals surface area contributed by atoms with E-state index >= 15 is 0 Å². The lowest BCUT2D eigenvalue weighted by Crippen LogP contribution is -2.09. The second-order valence-electron chi connectivity index (χ2n) is 1.59. The van der Waals surface area contributed by atoms with Gasteiger partial charge in [-0.05, 0) is 13.3 Å². The van der Waals surface area contributed by atoms with Crippen LogP contribution in [0.15, 0.2) is 12.8 Å². The molecule has 0 saturated carbocycles. The van der Waals surface area contributed by atoms with Crippen LogP contribution in [0.2, 0.25) is 0 Å². The molecule has 0 aromatic carbocycles. The third-order valence-electron chi connectivity index (χ3n) is 0.862. The van der Waals surface area contributed by atoms with Gasteiger partial charge in [0, 0.05) is 13.2 Å². The first-order valence-corrected chi connectivity index (χ1v) is 3.22. The van der Waals surface area contributed by atoms with E-state index in [4.69, 9.17) is 4.74 Å². The topological polar surface area (TPSA) is 18.5 Å². The molecule has 0 atom stereocenters. The lowest BCUT2D eigenvalue weighted by Gasteiger charge is -2.09. The van der Waals surface area contributed by atoms with Crippen LogP contribution in [-0.2, 0) is 9.47 Å². The van der Waals surface area contributed by atoms with Crippen LogP contribution in [0, 0.1) is 0 Å². The van der Waals surface area contributed by atoms with E-state index < -0.39 is 0 Å². The standard InChI is InChI=1S/C4H8O.C3H6O/c1-3-5-4-2;1-2-4-3-1/h3H,1,4H2,2H3;1-3H2. The monoisotopic (exact) mass is 130 g/mol. The molecule has 0 aromatic heterocycles. The third kappa shape index (κ3) is 7.50. The molecule has 9 heavy (non-hydrogen) atoms. The highest BCUT2D eigenvalue weighted by molar-refractivity contribution is 4.45. The van der Waals surface area contributed by atoms with E-state index in [1.54, 1.807) is 0 Å². The average Bonchev–Trinajstić information content (AvgIpc) is 1.63. The molecule has 0 bridgehead atoms. The molecule has 0 unspecified atom stereocenters. The quantitative estimate of drug-likeness (QED) is 0.528. The predicted octanol–water partition coefficient (Wildman–Crippen LogP) is 1.57. The van der Waals surface area contributed by atoms with Gasteiger partial charge >= 0.3 is 0 Å². The van der Waals surface area contributed by atoms with Gasteiger partial charge in [0.15, 0.2) is 0 Å². The van der Waals surface area contributed by atoms with Gasteiger partial charge in [-0.3, -0.25) is 0 Å². The molecule has 0 N–H and O–H groups in total. The SMILES string of the molecule is C1COC1.C=COCC. The van der Waals surface area contributed by atoms with E-state index in [9.17, 15) is 0 Å². The number of hydrogen-bond acceptors (Lipinski definition) is 2. The van der Waals surface area contributed by atoms with Crippen molar-refractivity contribution in [2.45, 2.75) is 13.3 Å². The second kappa shape index (κ2) is 7.50. The first kappa shape index (κ1) is 8.50. The van der Waals surface area contributed by atoms with E-state index in [1.807, 2.05) is 6.92 Å². The van der Waals surface area contributed by atoms with Crippen molar-refractivity contribution >= 4 is 0 Å². The van der Waals surface area contributed by atoms with E-state index in [1.165, 1.54) is 12.7 Å². The van der Waals surface area contributed by atoms with E-state index in [0.717, 1.165) is 19.8 Å². The Morgan fingerprint density at radius 2 is 2.11 bits per heavy atom. The van der Waals surface area contributed by atoms with Crippen molar-refractivity contribution in [2.75, 3.05) is 19.8 Å². The molecule has 54 valence electrons. The van der Waals surface area contributed by atoms with Crippen molar-refractivity contribution in [3.05, 3.63) is 12.8 Å². The zero-order valence-electron chi connectivity index (χ0n) is 5.93. The fourth-order valence-corrected chi connectivity index (χ4v) is 0.262. The molecule has 1 aliphatic rings. The van der Waals surface area contributed by atoms with Crippen molar-refractivity contribution in [3.8, 4) is 0 Å². The zero-order valence-corrected chi connectivity index (χ0v) is 5.93. The van der Waals surface area contributed by atoms with Gasteiger partial charge in [0.2, 0.25) is 0 Å². The maximum Gasteiger partial charge on any atom is 0.0844 e. The van der Waals surface area contributed by atoms with Gasteiger partial charge in [0.05, 0.1) is 12.9 Å². The van der Waals surface area contributed by atoms with Crippen LogP contribution in [0.4, 0.5) is 0 Å². The minimum Gasteiger partial charge on any atom is -0.502 e. The largest absolute Gasteiger partial charge is 0.502 e. The summed E-state index contributed by atoms with van der Waals surface area (Å²) in [4.78, 5) is 0. The number of hydrogen-bond donors (Lipinski definition) is 0. The van der Waals surface area contributed by atoms with Gasteiger partial charge < -0.3 is 9.47 Å².